The summed E-state index contributed by atoms with van der Waals surface area (Å²) >= 11 is 0. The van der Waals surface area contributed by atoms with Gasteiger partial charge in [-0.1, -0.05) is 18.2 Å². The Hall–Kier alpha value is -2.42. The molecule has 1 aliphatic heterocycles. The Bertz CT molecular complexity index is 1070. The van der Waals surface area contributed by atoms with Crippen molar-refractivity contribution in [3.63, 3.8) is 0 Å². The maximum atomic E-state index is 14.5. The molecule has 1 aromatic carbocycles. The number of benzene rings is 1. The van der Waals surface area contributed by atoms with E-state index in [4.69, 9.17) is 4.74 Å². The molecule has 1 aliphatic carbocycles. The van der Waals surface area contributed by atoms with Gasteiger partial charge < -0.3 is 15.4 Å². The SMILES string of the molecule is CNCc1cc(C2CC=CC=C2F)n(S(=O)(=O)c2cccc(OCC3CNC3)c2)c1. The number of nitrogens with zero attached hydrogens (tertiary/aromatic N) is 1. The van der Waals surface area contributed by atoms with Crippen molar-refractivity contribution in [2.75, 3.05) is 26.7 Å². The number of hydrogen-bond donors (Lipinski definition) is 2. The van der Waals surface area contributed by atoms with E-state index in [-0.39, 0.29) is 10.7 Å². The second kappa shape index (κ2) is 8.75. The first kappa shape index (κ1) is 20.8. The third kappa shape index (κ3) is 4.21. The summed E-state index contributed by atoms with van der Waals surface area (Å²) < 4.78 is 48.5. The second-order valence-electron chi connectivity index (χ2n) is 7.68. The van der Waals surface area contributed by atoms with Gasteiger partial charge in [0.1, 0.15) is 11.6 Å². The van der Waals surface area contributed by atoms with Crippen LogP contribution in [-0.2, 0) is 16.6 Å². The van der Waals surface area contributed by atoms with E-state index < -0.39 is 15.9 Å². The standard InChI is InChI=1S/C22H26FN3O3S/c1-24-11-16-9-22(20-7-2-3-8-21(20)23)26(14-16)30(27,28)19-6-4-5-18(10-19)29-15-17-12-25-13-17/h2-6,8-10,14,17,20,24-25H,7,11-13,15H2,1H3. The van der Waals surface area contributed by atoms with Crippen LogP contribution in [0.2, 0.25) is 0 Å². The number of nitrogens with one attached hydrogen (secondary N) is 2. The molecule has 2 heterocycles. The Kier molecular flexibility index (Phi) is 6.08. The molecule has 8 heteroatoms. The van der Waals surface area contributed by atoms with E-state index in [1.807, 2.05) is 6.08 Å². The third-order valence-corrected chi connectivity index (χ3v) is 7.10. The molecule has 1 aromatic heterocycles. The number of rotatable bonds is 8. The van der Waals surface area contributed by atoms with Gasteiger partial charge in [0.05, 0.1) is 17.4 Å². The fourth-order valence-electron chi connectivity index (χ4n) is 3.66. The highest BCUT2D eigenvalue weighted by molar-refractivity contribution is 7.90. The Morgan fingerprint density at radius 3 is 2.83 bits per heavy atom. The lowest BCUT2D eigenvalue weighted by Crippen LogP contribution is -2.45. The fourth-order valence-corrected chi connectivity index (χ4v) is 5.14. The van der Waals surface area contributed by atoms with Crippen molar-refractivity contribution in [1.82, 2.24) is 14.6 Å². The van der Waals surface area contributed by atoms with Crippen molar-refractivity contribution >= 4 is 10.0 Å². The zero-order chi connectivity index (χ0) is 21.1. The van der Waals surface area contributed by atoms with E-state index in [9.17, 15) is 12.8 Å². The highest BCUT2D eigenvalue weighted by atomic mass is 32.2. The molecular formula is C22H26FN3O3S. The van der Waals surface area contributed by atoms with Crippen LogP contribution in [0.4, 0.5) is 4.39 Å². The maximum absolute atomic E-state index is 14.5. The number of halogens is 1. The Morgan fingerprint density at radius 1 is 1.30 bits per heavy atom. The lowest BCUT2D eigenvalue weighted by Gasteiger charge is -2.26. The molecule has 2 aromatic rings. The highest BCUT2D eigenvalue weighted by Crippen LogP contribution is 2.35. The number of aromatic nitrogens is 1. The van der Waals surface area contributed by atoms with E-state index in [0.717, 1.165) is 18.7 Å². The molecular weight excluding hydrogens is 405 g/mol. The maximum Gasteiger partial charge on any atom is 0.268 e. The molecule has 0 saturated carbocycles. The zero-order valence-electron chi connectivity index (χ0n) is 16.8. The first-order valence-corrected chi connectivity index (χ1v) is 11.5. The van der Waals surface area contributed by atoms with Crippen LogP contribution in [0, 0.1) is 5.92 Å². The number of hydrogen-bond acceptors (Lipinski definition) is 5. The molecule has 6 nitrogen and oxygen atoms in total. The van der Waals surface area contributed by atoms with Crippen LogP contribution in [-0.4, -0.2) is 39.1 Å². The summed E-state index contributed by atoms with van der Waals surface area (Å²) in [4.78, 5) is 0.121. The minimum atomic E-state index is -3.91. The van der Waals surface area contributed by atoms with E-state index in [0.29, 0.717) is 36.9 Å². The van der Waals surface area contributed by atoms with Gasteiger partial charge in [-0.3, -0.25) is 0 Å². The average Bonchev–Trinajstić information content (AvgIpc) is 3.12. The van der Waals surface area contributed by atoms with Gasteiger partial charge in [0.25, 0.3) is 10.0 Å². The molecule has 1 unspecified atom stereocenters. The average molecular weight is 432 g/mol. The smallest absolute Gasteiger partial charge is 0.268 e. The second-order valence-corrected chi connectivity index (χ2v) is 9.50. The topological polar surface area (TPSA) is 72.4 Å². The predicted octanol–water partition coefficient (Wildman–Crippen LogP) is 2.94. The fraction of sp³-hybridized carbons (Fsp3) is 0.364. The van der Waals surface area contributed by atoms with Crippen molar-refractivity contribution in [3.05, 3.63) is 71.8 Å². The minimum Gasteiger partial charge on any atom is -0.493 e. The van der Waals surface area contributed by atoms with Crippen molar-refractivity contribution in [2.45, 2.75) is 23.8 Å². The van der Waals surface area contributed by atoms with Crippen LogP contribution in [0.5, 0.6) is 5.75 Å². The van der Waals surface area contributed by atoms with Gasteiger partial charge in [0.2, 0.25) is 0 Å². The third-order valence-electron chi connectivity index (χ3n) is 5.42. The Morgan fingerprint density at radius 2 is 2.13 bits per heavy atom. The molecule has 1 atom stereocenters. The number of ether oxygens (including phenoxy) is 1. The van der Waals surface area contributed by atoms with Gasteiger partial charge in [-0.2, -0.15) is 0 Å². The molecule has 4 rings (SSSR count). The van der Waals surface area contributed by atoms with Crippen LogP contribution in [0.15, 0.2) is 65.5 Å². The van der Waals surface area contributed by atoms with Gasteiger partial charge in [-0.25, -0.2) is 16.8 Å². The van der Waals surface area contributed by atoms with Crippen LogP contribution >= 0.6 is 0 Å². The molecule has 0 radical (unpaired) electrons. The summed E-state index contributed by atoms with van der Waals surface area (Å²) in [6, 6.07) is 8.26. The van der Waals surface area contributed by atoms with Gasteiger partial charge in [0, 0.05) is 43.5 Å². The largest absolute Gasteiger partial charge is 0.493 e. The quantitative estimate of drug-likeness (QED) is 0.673. The molecule has 0 spiro atoms. The van der Waals surface area contributed by atoms with Crippen molar-refractivity contribution < 1.29 is 17.5 Å². The van der Waals surface area contributed by atoms with E-state index in [2.05, 4.69) is 10.6 Å². The van der Waals surface area contributed by atoms with Gasteiger partial charge >= 0.3 is 0 Å². The van der Waals surface area contributed by atoms with Crippen LogP contribution < -0.4 is 15.4 Å². The summed E-state index contributed by atoms with van der Waals surface area (Å²) in [6.07, 6.45) is 6.87. The predicted molar refractivity (Wildman–Crippen MR) is 114 cm³/mol. The molecule has 160 valence electrons. The molecule has 0 bridgehead atoms. The Balaban J connectivity index is 1.68. The van der Waals surface area contributed by atoms with Crippen LogP contribution in [0.25, 0.3) is 0 Å². The first-order valence-electron chi connectivity index (χ1n) is 10.1. The van der Waals surface area contributed by atoms with Gasteiger partial charge in [-0.05, 0) is 43.3 Å². The zero-order valence-corrected chi connectivity index (χ0v) is 17.7. The lowest BCUT2D eigenvalue weighted by atomic mass is 9.96. The van der Waals surface area contributed by atoms with E-state index in [1.54, 1.807) is 43.6 Å². The molecule has 1 fully saturated rings. The Labute approximate surface area is 176 Å². The summed E-state index contributed by atoms with van der Waals surface area (Å²) in [5.41, 5.74) is 1.20. The summed E-state index contributed by atoms with van der Waals surface area (Å²) in [5.74, 6) is -0.00600. The summed E-state index contributed by atoms with van der Waals surface area (Å²) in [5, 5.41) is 6.21. The van der Waals surface area contributed by atoms with Crippen LogP contribution in [0.1, 0.15) is 23.6 Å². The van der Waals surface area contributed by atoms with Crippen LogP contribution in [0.3, 0.4) is 0 Å². The van der Waals surface area contributed by atoms with Crippen molar-refractivity contribution in [1.29, 1.82) is 0 Å². The van der Waals surface area contributed by atoms with E-state index >= 15 is 0 Å². The normalized spacial score (nSPS) is 19.4. The molecule has 2 N–H and O–H groups in total. The summed E-state index contributed by atoms with van der Waals surface area (Å²) in [6.45, 7) is 2.85. The van der Waals surface area contributed by atoms with E-state index in [1.165, 1.54) is 16.1 Å². The number of allylic oxidation sites excluding steroid dienone is 4. The highest BCUT2D eigenvalue weighted by Gasteiger charge is 2.28. The summed E-state index contributed by atoms with van der Waals surface area (Å²) in [7, 11) is -2.13. The lowest BCUT2D eigenvalue weighted by molar-refractivity contribution is 0.199. The molecule has 2 aliphatic rings. The van der Waals surface area contributed by atoms with Gasteiger partial charge in [-0.15, -0.1) is 0 Å². The molecule has 0 amide bonds. The van der Waals surface area contributed by atoms with Crippen molar-refractivity contribution in [3.8, 4) is 5.75 Å². The molecule has 30 heavy (non-hydrogen) atoms. The monoisotopic (exact) mass is 431 g/mol. The van der Waals surface area contributed by atoms with Crippen molar-refractivity contribution in [2.24, 2.45) is 5.92 Å². The minimum absolute atomic E-state index is 0.121. The molecule has 1 saturated heterocycles. The first-order chi connectivity index (χ1) is 14.5. The van der Waals surface area contributed by atoms with Gasteiger partial charge in [0.15, 0.2) is 0 Å².